The minimum absolute atomic E-state index is 0.372. The zero-order valence-corrected chi connectivity index (χ0v) is 15.1. The third-order valence-electron chi connectivity index (χ3n) is 4.81. The quantitative estimate of drug-likeness (QED) is 0.644. The summed E-state index contributed by atoms with van der Waals surface area (Å²) >= 11 is 0. The number of amides is 1. The number of piperidine rings is 1. The Hall–Kier alpha value is -2.04. The zero-order valence-electron chi connectivity index (χ0n) is 15.1. The number of hydrogen-bond acceptors (Lipinski definition) is 2. The van der Waals surface area contributed by atoms with Crippen molar-refractivity contribution >= 4 is 11.9 Å². The van der Waals surface area contributed by atoms with E-state index in [-0.39, 0.29) is 0 Å². The third kappa shape index (κ3) is 4.73. The van der Waals surface area contributed by atoms with Crippen LogP contribution in [0.4, 0.5) is 0 Å². The molecule has 0 aliphatic carbocycles. The highest BCUT2D eigenvalue weighted by Crippen LogP contribution is 2.33. The molecule has 1 amide bonds. The van der Waals surface area contributed by atoms with Crippen molar-refractivity contribution in [1.82, 2.24) is 10.2 Å². The van der Waals surface area contributed by atoms with Gasteiger partial charge in [0.1, 0.15) is 0 Å². The Labute approximate surface area is 145 Å². The van der Waals surface area contributed by atoms with Crippen LogP contribution in [0.3, 0.4) is 0 Å². The Bertz CT molecular complexity index is 595. The molecule has 2 rings (SSSR count). The second kappa shape index (κ2) is 8.18. The molecule has 1 aromatic rings. The van der Waals surface area contributed by atoms with Gasteiger partial charge in [-0.25, -0.2) is 0 Å². The van der Waals surface area contributed by atoms with E-state index in [4.69, 9.17) is 5.73 Å². The van der Waals surface area contributed by atoms with E-state index in [2.05, 4.69) is 29.1 Å². The Balaban J connectivity index is 2.00. The van der Waals surface area contributed by atoms with Gasteiger partial charge in [-0.15, -0.1) is 0 Å². The number of rotatable bonds is 5. The number of nitrogens with one attached hydrogen (secondary N) is 1. The molecule has 1 atom stereocenters. The van der Waals surface area contributed by atoms with Crippen LogP contribution < -0.4 is 11.1 Å². The maximum absolute atomic E-state index is 11.3. The molecule has 24 heavy (non-hydrogen) atoms. The third-order valence-corrected chi connectivity index (χ3v) is 4.81. The summed E-state index contributed by atoms with van der Waals surface area (Å²) in [6.45, 7) is 7.35. The first kappa shape index (κ1) is 18.3. The van der Waals surface area contributed by atoms with Gasteiger partial charge in [-0.3, -0.25) is 9.79 Å². The van der Waals surface area contributed by atoms with Crippen LogP contribution in [0.25, 0.3) is 0 Å². The van der Waals surface area contributed by atoms with E-state index >= 15 is 0 Å². The topological polar surface area (TPSA) is 70.7 Å². The maximum Gasteiger partial charge on any atom is 0.248 e. The first-order chi connectivity index (χ1) is 11.5. The van der Waals surface area contributed by atoms with Gasteiger partial charge in [-0.05, 0) is 42.4 Å². The Morgan fingerprint density at radius 2 is 2.25 bits per heavy atom. The molecule has 1 fully saturated rings. The number of nitrogens with zero attached hydrogens (tertiary/aromatic N) is 2. The van der Waals surface area contributed by atoms with Crippen LogP contribution in [0.2, 0.25) is 0 Å². The van der Waals surface area contributed by atoms with Crippen molar-refractivity contribution in [2.24, 2.45) is 16.1 Å². The van der Waals surface area contributed by atoms with Gasteiger partial charge in [0, 0.05) is 32.2 Å². The first-order valence-electron chi connectivity index (χ1n) is 8.82. The van der Waals surface area contributed by atoms with E-state index in [9.17, 15) is 4.79 Å². The number of carbonyl (C=O) groups excluding carboxylic acids is 1. The van der Waals surface area contributed by atoms with Crippen molar-refractivity contribution in [2.75, 3.05) is 20.1 Å². The molecule has 1 saturated heterocycles. The van der Waals surface area contributed by atoms with Crippen LogP contribution in [0.1, 0.15) is 55.5 Å². The lowest BCUT2D eigenvalue weighted by atomic mass is 9.78. The van der Waals surface area contributed by atoms with Gasteiger partial charge in [0.05, 0.1) is 0 Å². The molecule has 1 unspecified atom stereocenters. The molecular formula is C19H30N4O. The molecule has 0 bridgehead atoms. The molecule has 0 saturated carbocycles. The van der Waals surface area contributed by atoms with E-state index in [1.54, 1.807) is 6.07 Å². The van der Waals surface area contributed by atoms with Crippen molar-refractivity contribution in [3.05, 3.63) is 35.4 Å². The monoisotopic (exact) mass is 330 g/mol. The van der Waals surface area contributed by atoms with Crippen molar-refractivity contribution in [1.29, 1.82) is 0 Å². The number of primary amides is 1. The summed E-state index contributed by atoms with van der Waals surface area (Å²) < 4.78 is 0. The van der Waals surface area contributed by atoms with E-state index in [0.717, 1.165) is 24.6 Å². The summed E-state index contributed by atoms with van der Waals surface area (Å²) in [6.07, 6.45) is 4.96. The lowest BCUT2D eigenvalue weighted by Crippen LogP contribution is -2.49. The molecule has 0 spiro atoms. The summed E-state index contributed by atoms with van der Waals surface area (Å²) in [4.78, 5) is 18.1. The minimum atomic E-state index is -0.396. The lowest BCUT2D eigenvalue weighted by Gasteiger charge is -2.42. The number of guanidine groups is 1. The summed E-state index contributed by atoms with van der Waals surface area (Å²) in [6, 6.07) is 7.42. The number of nitrogens with two attached hydrogens (primary N) is 1. The van der Waals surface area contributed by atoms with E-state index in [1.807, 2.05) is 25.2 Å². The van der Waals surface area contributed by atoms with Crippen LogP contribution in [-0.4, -0.2) is 36.9 Å². The van der Waals surface area contributed by atoms with Crippen LogP contribution >= 0.6 is 0 Å². The molecular weight excluding hydrogens is 300 g/mol. The number of likely N-dealkylation sites (tertiary alicyclic amines) is 1. The van der Waals surface area contributed by atoms with Crippen LogP contribution in [0.15, 0.2) is 29.3 Å². The summed E-state index contributed by atoms with van der Waals surface area (Å²) in [5.74, 6) is 0.536. The SMILES string of the molecule is CCCC1(C)CCCN(C(=NC)NCc2cccc(C(N)=O)c2)C1. The van der Waals surface area contributed by atoms with Crippen molar-refractivity contribution < 1.29 is 4.79 Å². The summed E-state index contributed by atoms with van der Waals surface area (Å²) in [5.41, 5.74) is 7.29. The highest BCUT2D eigenvalue weighted by molar-refractivity contribution is 5.92. The summed E-state index contributed by atoms with van der Waals surface area (Å²) in [5, 5.41) is 3.43. The molecule has 1 heterocycles. The molecule has 1 aliphatic rings. The standard InChI is InChI=1S/C19H30N4O/c1-4-9-19(2)10-6-11-23(14-19)18(21-3)22-13-15-7-5-8-16(12-15)17(20)24/h5,7-8,12H,4,6,9-11,13-14H2,1-3H3,(H2,20,24)(H,21,22). The number of benzene rings is 1. The van der Waals surface area contributed by atoms with Gasteiger partial charge >= 0.3 is 0 Å². The van der Waals surface area contributed by atoms with Gasteiger partial charge in [0.25, 0.3) is 0 Å². The fourth-order valence-corrected chi connectivity index (χ4v) is 3.65. The maximum atomic E-state index is 11.3. The fourth-order valence-electron chi connectivity index (χ4n) is 3.65. The fraction of sp³-hybridized carbons (Fsp3) is 0.579. The lowest BCUT2D eigenvalue weighted by molar-refractivity contribution is 0.1000. The average Bonchev–Trinajstić information content (AvgIpc) is 2.56. The second-order valence-electron chi connectivity index (χ2n) is 7.05. The Morgan fingerprint density at radius 1 is 1.46 bits per heavy atom. The first-order valence-corrected chi connectivity index (χ1v) is 8.82. The largest absolute Gasteiger partial charge is 0.366 e. The summed E-state index contributed by atoms with van der Waals surface area (Å²) in [7, 11) is 1.83. The number of carbonyl (C=O) groups is 1. The molecule has 1 aliphatic heterocycles. The molecule has 1 aromatic carbocycles. The number of aliphatic imine (C=N–C) groups is 1. The Morgan fingerprint density at radius 3 is 2.92 bits per heavy atom. The van der Waals surface area contributed by atoms with Gasteiger partial charge in [0.15, 0.2) is 5.96 Å². The molecule has 3 N–H and O–H groups in total. The second-order valence-corrected chi connectivity index (χ2v) is 7.05. The van der Waals surface area contributed by atoms with Crippen molar-refractivity contribution in [2.45, 2.75) is 46.1 Å². The van der Waals surface area contributed by atoms with Crippen molar-refractivity contribution in [3.63, 3.8) is 0 Å². The van der Waals surface area contributed by atoms with Gasteiger partial charge < -0.3 is 16.0 Å². The predicted molar refractivity (Wildman–Crippen MR) is 99.0 cm³/mol. The highest BCUT2D eigenvalue weighted by atomic mass is 16.1. The Kier molecular flexibility index (Phi) is 6.23. The van der Waals surface area contributed by atoms with Crippen LogP contribution in [0, 0.1) is 5.41 Å². The van der Waals surface area contributed by atoms with Gasteiger partial charge in [0.2, 0.25) is 5.91 Å². The smallest absolute Gasteiger partial charge is 0.248 e. The van der Waals surface area contributed by atoms with Gasteiger partial charge in [-0.1, -0.05) is 32.4 Å². The van der Waals surface area contributed by atoms with Crippen LogP contribution in [0.5, 0.6) is 0 Å². The minimum Gasteiger partial charge on any atom is -0.366 e. The molecule has 5 nitrogen and oxygen atoms in total. The molecule has 132 valence electrons. The van der Waals surface area contributed by atoms with Crippen LogP contribution in [-0.2, 0) is 6.54 Å². The zero-order chi connectivity index (χ0) is 17.6. The normalized spacial score (nSPS) is 21.6. The average molecular weight is 330 g/mol. The molecule has 0 radical (unpaired) electrons. The van der Waals surface area contributed by atoms with E-state index in [0.29, 0.717) is 17.5 Å². The number of hydrogen-bond donors (Lipinski definition) is 2. The van der Waals surface area contributed by atoms with Gasteiger partial charge in [-0.2, -0.15) is 0 Å². The van der Waals surface area contributed by atoms with Crippen molar-refractivity contribution in [3.8, 4) is 0 Å². The van der Waals surface area contributed by atoms with E-state index in [1.165, 1.54) is 25.7 Å². The molecule has 0 aromatic heterocycles. The van der Waals surface area contributed by atoms with E-state index < -0.39 is 5.91 Å². The highest BCUT2D eigenvalue weighted by Gasteiger charge is 2.31. The molecule has 5 heteroatoms. The predicted octanol–water partition coefficient (Wildman–Crippen LogP) is 2.76.